The molecule has 0 unspecified atom stereocenters. The lowest BCUT2D eigenvalue weighted by Crippen LogP contribution is -2.43. The monoisotopic (exact) mass is 508 g/mol. The second kappa shape index (κ2) is 15.2. The summed E-state index contributed by atoms with van der Waals surface area (Å²) in [6, 6.07) is 5.60. The van der Waals surface area contributed by atoms with Crippen molar-refractivity contribution in [3.63, 3.8) is 0 Å². The highest BCUT2D eigenvalue weighted by molar-refractivity contribution is 14.0. The van der Waals surface area contributed by atoms with E-state index in [4.69, 9.17) is 14.2 Å². The number of hydrogen-bond donors (Lipinski definition) is 2. The quantitative estimate of drug-likeness (QED) is 0.206. The third-order valence-electron chi connectivity index (χ3n) is 3.77. The second-order valence-electron chi connectivity index (χ2n) is 5.96. The molecule has 0 bridgehead atoms. The van der Waals surface area contributed by atoms with Crippen molar-refractivity contribution in [3.8, 4) is 11.5 Å². The normalized spacial score (nSPS) is 10.7. The molecule has 0 aliphatic rings. The molecule has 1 aromatic carbocycles. The van der Waals surface area contributed by atoms with Gasteiger partial charge in [-0.25, -0.2) is 4.99 Å². The molecular formula is C19H33IN4O4. The smallest absolute Gasteiger partial charge is 0.241 e. The molecule has 0 aromatic heterocycles. The van der Waals surface area contributed by atoms with E-state index in [-0.39, 0.29) is 36.4 Å². The van der Waals surface area contributed by atoms with Crippen LogP contribution in [0.4, 0.5) is 0 Å². The van der Waals surface area contributed by atoms with Crippen molar-refractivity contribution >= 4 is 35.8 Å². The maximum atomic E-state index is 11.8. The summed E-state index contributed by atoms with van der Waals surface area (Å²) in [6.45, 7) is 4.63. The Morgan fingerprint density at radius 1 is 1.18 bits per heavy atom. The van der Waals surface area contributed by atoms with Gasteiger partial charge in [0.25, 0.3) is 0 Å². The van der Waals surface area contributed by atoms with E-state index in [1.54, 1.807) is 28.3 Å². The van der Waals surface area contributed by atoms with E-state index < -0.39 is 0 Å². The van der Waals surface area contributed by atoms with Crippen LogP contribution in [0.3, 0.4) is 0 Å². The first-order valence-electron chi connectivity index (χ1n) is 9.02. The third kappa shape index (κ3) is 9.98. The number of ether oxygens (including phenoxy) is 3. The average Bonchev–Trinajstić information content (AvgIpc) is 2.68. The summed E-state index contributed by atoms with van der Waals surface area (Å²) in [5, 5.41) is 6.29. The number of hydrogen-bond acceptors (Lipinski definition) is 5. The minimum Gasteiger partial charge on any atom is -0.497 e. The van der Waals surface area contributed by atoms with E-state index in [1.807, 2.05) is 25.1 Å². The summed E-state index contributed by atoms with van der Waals surface area (Å²) in [5.74, 6) is 1.97. The highest BCUT2D eigenvalue weighted by Gasteiger charge is 2.08. The maximum Gasteiger partial charge on any atom is 0.241 e. The van der Waals surface area contributed by atoms with Crippen molar-refractivity contribution in [2.24, 2.45) is 4.99 Å². The molecule has 8 nitrogen and oxygen atoms in total. The molecule has 1 amide bonds. The van der Waals surface area contributed by atoms with Gasteiger partial charge in [0, 0.05) is 45.5 Å². The van der Waals surface area contributed by atoms with Crippen LogP contribution < -0.4 is 20.1 Å². The highest BCUT2D eigenvalue weighted by Crippen LogP contribution is 2.25. The maximum absolute atomic E-state index is 11.8. The highest BCUT2D eigenvalue weighted by atomic mass is 127. The van der Waals surface area contributed by atoms with Gasteiger partial charge in [0.1, 0.15) is 11.5 Å². The first-order chi connectivity index (χ1) is 13.0. The first kappa shape index (κ1) is 26.2. The predicted molar refractivity (Wildman–Crippen MR) is 122 cm³/mol. The standard InChI is InChI=1S/C19H32N4O4.HI/c1-6-27-11-7-10-20-19(22-14-18(24)23(2)3)21-13-15-8-9-16(25-4)12-17(15)26-5;/h8-9,12H,6-7,10-11,13-14H2,1-5H3,(H2,20,21,22);1H. The number of aliphatic imine (C=N–C) groups is 1. The van der Waals surface area contributed by atoms with E-state index in [1.165, 1.54) is 4.90 Å². The number of carbonyl (C=O) groups excluding carboxylic acids is 1. The van der Waals surface area contributed by atoms with Crippen molar-refractivity contribution in [1.82, 2.24) is 15.5 Å². The average molecular weight is 508 g/mol. The minimum absolute atomic E-state index is 0. The first-order valence-corrected chi connectivity index (χ1v) is 9.02. The fraction of sp³-hybridized carbons (Fsp3) is 0.579. The Kier molecular flexibility index (Phi) is 14.3. The SMILES string of the molecule is CCOCCCNC(=NCc1ccc(OC)cc1OC)NCC(=O)N(C)C.I. The molecule has 0 heterocycles. The van der Waals surface area contributed by atoms with E-state index in [2.05, 4.69) is 15.6 Å². The van der Waals surface area contributed by atoms with Gasteiger partial charge in [-0.15, -0.1) is 24.0 Å². The minimum atomic E-state index is -0.0270. The van der Waals surface area contributed by atoms with Crippen LogP contribution in [-0.4, -0.2) is 71.4 Å². The second-order valence-corrected chi connectivity index (χ2v) is 5.96. The molecule has 0 aliphatic heterocycles. The topological polar surface area (TPSA) is 84.4 Å². The Labute approximate surface area is 185 Å². The van der Waals surface area contributed by atoms with E-state index >= 15 is 0 Å². The molecule has 9 heteroatoms. The van der Waals surface area contributed by atoms with Gasteiger partial charge in [-0.1, -0.05) is 0 Å². The Morgan fingerprint density at radius 2 is 1.93 bits per heavy atom. The van der Waals surface area contributed by atoms with Crippen molar-refractivity contribution in [1.29, 1.82) is 0 Å². The number of methoxy groups -OCH3 is 2. The molecule has 0 spiro atoms. The zero-order chi connectivity index (χ0) is 20.1. The number of rotatable bonds is 11. The third-order valence-corrected chi connectivity index (χ3v) is 3.77. The van der Waals surface area contributed by atoms with Crippen molar-refractivity contribution in [2.75, 3.05) is 54.6 Å². The number of halogens is 1. The van der Waals surface area contributed by atoms with E-state index in [9.17, 15) is 4.79 Å². The Morgan fingerprint density at radius 3 is 2.54 bits per heavy atom. The van der Waals surface area contributed by atoms with Crippen LogP contribution in [0.25, 0.3) is 0 Å². The van der Waals surface area contributed by atoms with Gasteiger partial charge in [0.15, 0.2) is 5.96 Å². The van der Waals surface area contributed by atoms with Gasteiger partial charge in [0.2, 0.25) is 5.91 Å². The molecule has 0 saturated heterocycles. The van der Waals surface area contributed by atoms with Crippen LogP contribution in [0.1, 0.15) is 18.9 Å². The molecule has 160 valence electrons. The molecule has 0 atom stereocenters. The zero-order valence-corrected chi connectivity index (χ0v) is 19.7. The lowest BCUT2D eigenvalue weighted by Gasteiger charge is -2.15. The molecule has 0 radical (unpaired) electrons. The van der Waals surface area contributed by atoms with Gasteiger partial charge >= 0.3 is 0 Å². The summed E-state index contributed by atoms with van der Waals surface area (Å²) in [6.07, 6.45) is 0.849. The molecule has 1 aromatic rings. The van der Waals surface area contributed by atoms with Crippen molar-refractivity contribution in [2.45, 2.75) is 19.9 Å². The summed E-state index contributed by atoms with van der Waals surface area (Å²) in [5.41, 5.74) is 0.924. The van der Waals surface area contributed by atoms with Crippen molar-refractivity contribution < 1.29 is 19.0 Å². The van der Waals surface area contributed by atoms with E-state index in [0.717, 1.165) is 17.7 Å². The molecule has 0 fully saturated rings. The number of likely N-dealkylation sites (N-methyl/N-ethyl adjacent to an activating group) is 1. The molecular weight excluding hydrogens is 475 g/mol. The Bertz CT molecular complexity index is 612. The van der Waals surface area contributed by atoms with Crippen LogP contribution in [0.5, 0.6) is 11.5 Å². The number of benzene rings is 1. The molecule has 0 saturated carbocycles. The summed E-state index contributed by atoms with van der Waals surface area (Å²) in [4.78, 5) is 17.9. The summed E-state index contributed by atoms with van der Waals surface area (Å²) in [7, 11) is 6.67. The van der Waals surface area contributed by atoms with Gasteiger partial charge < -0.3 is 29.7 Å². The van der Waals surface area contributed by atoms with Crippen LogP contribution >= 0.6 is 24.0 Å². The Balaban J connectivity index is 0.00000729. The fourth-order valence-electron chi connectivity index (χ4n) is 2.16. The van der Waals surface area contributed by atoms with E-state index in [0.29, 0.717) is 38.0 Å². The van der Waals surface area contributed by atoms with Crippen LogP contribution in [-0.2, 0) is 16.1 Å². The zero-order valence-electron chi connectivity index (χ0n) is 17.4. The number of carbonyl (C=O) groups is 1. The van der Waals surface area contributed by atoms with Crippen LogP contribution in [0, 0.1) is 0 Å². The number of nitrogens with one attached hydrogen (secondary N) is 2. The molecule has 28 heavy (non-hydrogen) atoms. The molecule has 0 aliphatic carbocycles. The van der Waals surface area contributed by atoms with Gasteiger partial charge in [-0.05, 0) is 25.5 Å². The summed E-state index contributed by atoms with van der Waals surface area (Å²) >= 11 is 0. The van der Waals surface area contributed by atoms with Crippen molar-refractivity contribution in [3.05, 3.63) is 23.8 Å². The van der Waals surface area contributed by atoms with Gasteiger partial charge in [-0.2, -0.15) is 0 Å². The Hall–Kier alpha value is -1.75. The van der Waals surface area contributed by atoms with Gasteiger partial charge in [0.05, 0.1) is 27.3 Å². The number of amides is 1. The summed E-state index contributed by atoms with van der Waals surface area (Å²) < 4.78 is 16.0. The van der Waals surface area contributed by atoms with Crippen LogP contribution in [0.15, 0.2) is 23.2 Å². The van der Waals surface area contributed by atoms with Crippen LogP contribution in [0.2, 0.25) is 0 Å². The molecule has 2 N–H and O–H groups in total. The molecule has 1 rings (SSSR count). The number of guanidine groups is 1. The largest absolute Gasteiger partial charge is 0.497 e. The lowest BCUT2D eigenvalue weighted by molar-refractivity contribution is -0.127. The lowest BCUT2D eigenvalue weighted by atomic mass is 10.2. The van der Waals surface area contributed by atoms with Gasteiger partial charge in [-0.3, -0.25) is 4.79 Å². The number of nitrogens with zero attached hydrogens (tertiary/aromatic N) is 2. The predicted octanol–water partition coefficient (Wildman–Crippen LogP) is 1.87. The fourth-order valence-corrected chi connectivity index (χ4v) is 2.16.